The first-order chi connectivity index (χ1) is 20.5. The van der Waals surface area contributed by atoms with E-state index in [1.54, 1.807) is 23.3 Å². The van der Waals surface area contributed by atoms with Crippen LogP contribution in [0, 0.1) is 0 Å². The molecule has 1 unspecified atom stereocenters. The number of rotatable bonds is 5. The van der Waals surface area contributed by atoms with Crippen LogP contribution in [0.5, 0.6) is 0 Å². The molecule has 2 bridgehead atoms. The van der Waals surface area contributed by atoms with Gasteiger partial charge in [-0.1, -0.05) is 35.5 Å². The van der Waals surface area contributed by atoms with Crippen LogP contribution in [0.25, 0.3) is 0 Å². The smallest absolute Gasteiger partial charge is 0.243 e. The number of nitrogens with zero attached hydrogens (tertiary/aromatic N) is 5. The Hall–Kier alpha value is -4.16. The molecular formula is C30H36N8O4. The van der Waals surface area contributed by atoms with Crippen molar-refractivity contribution in [3.05, 3.63) is 77.4 Å². The van der Waals surface area contributed by atoms with E-state index in [0.29, 0.717) is 38.4 Å². The molecule has 0 spiro atoms. The number of benzene rings is 1. The van der Waals surface area contributed by atoms with Gasteiger partial charge in [-0.3, -0.25) is 24.3 Å². The third-order valence-electron chi connectivity index (χ3n) is 8.29. The second-order valence-corrected chi connectivity index (χ2v) is 11.3. The second kappa shape index (κ2) is 12.8. The van der Waals surface area contributed by atoms with Crippen LogP contribution in [0.15, 0.2) is 55.0 Å². The van der Waals surface area contributed by atoms with Gasteiger partial charge in [-0.25, -0.2) is 4.68 Å². The van der Waals surface area contributed by atoms with Crippen molar-refractivity contribution in [2.45, 2.75) is 69.4 Å². The normalized spacial score (nSPS) is 24.3. The molecule has 12 heteroatoms. The van der Waals surface area contributed by atoms with Gasteiger partial charge in [0.1, 0.15) is 6.04 Å². The van der Waals surface area contributed by atoms with Gasteiger partial charge in [-0.2, -0.15) is 0 Å². The first kappa shape index (κ1) is 28.0. The maximum atomic E-state index is 13.8. The number of ether oxygens (including phenoxy) is 1. The molecule has 3 aromatic rings. The zero-order valence-corrected chi connectivity index (χ0v) is 23.4. The zero-order chi connectivity index (χ0) is 28.9. The molecule has 0 saturated carbocycles. The van der Waals surface area contributed by atoms with E-state index in [9.17, 15) is 14.4 Å². The maximum absolute atomic E-state index is 13.8. The molecule has 3 aliphatic rings. The Labute approximate surface area is 244 Å². The highest BCUT2D eigenvalue weighted by atomic mass is 16.5. The van der Waals surface area contributed by atoms with E-state index in [0.717, 1.165) is 29.5 Å². The van der Waals surface area contributed by atoms with Gasteiger partial charge in [-0.15, -0.1) is 5.10 Å². The highest BCUT2D eigenvalue weighted by molar-refractivity contribution is 5.90. The molecule has 220 valence electrons. The number of pyridine rings is 1. The lowest BCUT2D eigenvalue weighted by Crippen LogP contribution is -2.55. The summed E-state index contributed by atoms with van der Waals surface area (Å²) in [6, 6.07) is 10.1. The fourth-order valence-electron chi connectivity index (χ4n) is 6.18. The number of fused-ring (bicyclic) bond motifs is 3. The largest absolute Gasteiger partial charge is 0.381 e. The van der Waals surface area contributed by atoms with Crippen molar-refractivity contribution in [1.82, 2.24) is 40.8 Å². The number of carbonyl (C=O) groups excluding carboxylic acids is 3. The number of likely N-dealkylation sites (tertiary alicyclic amines) is 1. The topological polar surface area (TPSA) is 143 Å². The lowest BCUT2D eigenvalue weighted by atomic mass is 10.0. The summed E-state index contributed by atoms with van der Waals surface area (Å²) in [5.74, 6) is -0.622. The number of nitrogens with one attached hydrogen (secondary N) is 3. The average Bonchev–Trinajstić information content (AvgIpc) is 3.63. The van der Waals surface area contributed by atoms with Gasteiger partial charge in [0.05, 0.1) is 24.7 Å². The van der Waals surface area contributed by atoms with E-state index in [-0.39, 0.29) is 49.2 Å². The van der Waals surface area contributed by atoms with Crippen LogP contribution in [-0.4, -0.2) is 86.5 Å². The Balaban J connectivity index is 1.25. The van der Waals surface area contributed by atoms with E-state index in [1.807, 2.05) is 36.4 Å². The Morgan fingerprint density at radius 2 is 1.81 bits per heavy atom. The zero-order valence-electron chi connectivity index (χ0n) is 23.4. The lowest BCUT2D eigenvalue weighted by Gasteiger charge is -2.35. The van der Waals surface area contributed by atoms with E-state index in [4.69, 9.17) is 4.74 Å². The summed E-state index contributed by atoms with van der Waals surface area (Å²) in [4.78, 5) is 46.8. The van der Waals surface area contributed by atoms with Crippen LogP contribution in [0.3, 0.4) is 0 Å². The molecule has 5 heterocycles. The average molecular weight is 573 g/mol. The van der Waals surface area contributed by atoms with Gasteiger partial charge in [0.2, 0.25) is 17.7 Å². The summed E-state index contributed by atoms with van der Waals surface area (Å²) in [5, 5.41) is 17.7. The number of hydrogen-bond acceptors (Lipinski definition) is 8. The van der Waals surface area contributed by atoms with E-state index in [1.165, 1.54) is 0 Å². The van der Waals surface area contributed by atoms with Crippen molar-refractivity contribution in [3.8, 4) is 0 Å². The highest BCUT2D eigenvalue weighted by Gasteiger charge is 2.42. The van der Waals surface area contributed by atoms with Crippen LogP contribution >= 0.6 is 0 Å². The van der Waals surface area contributed by atoms with Gasteiger partial charge >= 0.3 is 0 Å². The standard InChI is InChI=1S/C30H36N8O4/c39-28-12-21-5-1-2-6-22(21)16-32-29(40)26(13-24-18-37(36-35-24)17-20-4-3-9-31-15-20)34-30(41)27-14-23(33-28)19-38(27)25-7-10-42-11-8-25/h1-6,9,15,18,23,25-27H,7-8,10-14,16-17,19H2,(H,32,40)(H,33,39)(H,34,41)/t23-,26?,27-/m0/s1. The van der Waals surface area contributed by atoms with Gasteiger partial charge in [0, 0.05) is 63.4 Å². The van der Waals surface area contributed by atoms with Crippen molar-refractivity contribution in [2.75, 3.05) is 19.8 Å². The van der Waals surface area contributed by atoms with Gasteiger partial charge in [0.15, 0.2) is 0 Å². The molecule has 3 aliphatic heterocycles. The molecule has 3 atom stereocenters. The summed E-state index contributed by atoms with van der Waals surface area (Å²) < 4.78 is 7.26. The molecular weight excluding hydrogens is 536 g/mol. The molecule has 2 aromatic heterocycles. The summed E-state index contributed by atoms with van der Waals surface area (Å²) in [5.41, 5.74) is 3.30. The molecule has 0 radical (unpaired) electrons. The van der Waals surface area contributed by atoms with Crippen LogP contribution in [0.2, 0.25) is 0 Å². The monoisotopic (exact) mass is 572 g/mol. The molecule has 12 nitrogen and oxygen atoms in total. The number of hydrogen-bond donors (Lipinski definition) is 3. The summed E-state index contributed by atoms with van der Waals surface area (Å²) in [6.45, 7) is 2.60. The van der Waals surface area contributed by atoms with Crippen LogP contribution in [-0.2, 0) is 45.1 Å². The molecule has 6 rings (SSSR count). The highest BCUT2D eigenvalue weighted by Crippen LogP contribution is 2.26. The van der Waals surface area contributed by atoms with E-state index >= 15 is 0 Å². The third-order valence-corrected chi connectivity index (χ3v) is 8.29. The Kier molecular flexibility index (Phi) is 8.52. The number of aromatic nitrogens is 4. The predicted octanol–water partition coefficient (Wildman–Crippen LogP) is 0.359. The minimum Gasteiger partial charge on any atom is -0.381 e. The SMILES string of the molecule is O=C1Cc2ccccc2CNC(=O)C(Cc2cn(Cc3cccnc3)nn2)NC(=O)[C@@H]2C[C@@H](CN2C2CCOCC2)N1. The third kappa shape index (κ3) is 6.66. The Morgan fingerprint density at radius 3 is 2.62 bits per heavy atom. The number of amides is 3. The maximum Gasteiger partial charge on any atom is 0.243 e. The van der Waals surface area contributed by atoms with Crippen LogP contribution in [0.4, 0.5) is 0 Å². The molecule has 42 heavy (non-hydrogen) atoms. The molecule has 1 aromatic carbocycles. The summed E-state index contributed by atoms with van der Waals surface area (Å²) in [6.07, 6.45) is 7.80. The lowest BCUT2D eigenvalue weighted by molar-refractivity contribution is -0.132. The summed E-state index contributed by atoms with van der Waals surface area (Å²) in [7, 11) is 0. The summed E-state index contributed by atoms with van der Waals surface area (Å²) >= 11 is 0. The quantitative estimate of drug-likeness (QED) is 0.398. The minimum absolute atomic E-state index is 0.0870. The van der Waals surface area contributed by atoms with Gasteiger partial charge in [0.25, 0.3) is 0 Å². The van der Waals surface area contributed by atoms with E-state index < -0.39 is 12.1 Å². The van der Waals surface area contributed by atoms with Crippen molar-refractivity contribution < 1.29 is 19.1 Å². The van der Waals surface area contributed by atoms with Crippen LogP contribution < -0.4 is 16.0 Å². The Bertz CT molecular complexity index is 1410. The van der Waals surface area contributed by atoms with Crippen molar-refractivity contribution in [1.29, 1.82) is 0 Å². The predicted molar refractivity (Wildman–Crippen MR) is 152 cm³/mol. The van der Waals surface area contributed by atoms with Gasteiger partial charge in [-0.05, 0) is 42.0 Å². The first-order valence-corrected chi connectivity index (χ1v) is 14.6. The first-order valence-electron chi connectivity index (χ1n) is 14.6. The van der Waals surface area contributed by atoms with Gasteiger partial charge < -0.3 is 20.7 Å². The molecule has 3 N–H and O–H groups in total. The molecule has 3 amide bonds. The van der Waals surface area contributed by atoms with Crippen molar-refractivity contribution in [3.63, 3.8) is 0 Å². The second-order valence-electron chi connectivity index (χ2n) is 11.3. The van der Waals surface area contributed by atoms with Crippen LogP contribution in [0.1, 0.15) is 41.6 Å². The minimum atomic E-state index is -0.846. The Morgan fingerprint density at radius 1 is 0.976 bits per heavy atom. The fraction of sp³-hybridized carbons (Fsp3) is 0.467. The molecule has 2 saturated heterocycles. The number of carbonyl (C=O) groups is 3. The van der Waals surface area contributed by atoms with Crippen molar-refractivity contribution in [2.24, 2.45) is 0 Å². The van der Waals surface area contributed by atoms with Crippen molar-refractivity contribution >= 4 is 17.7 Å². The fourth-order valence-corrected chi connectivity index (χ4v) is 6.18. The van der Waals surface area contributed by atoms with E-state index in [2.05, 4.69) is 36.1 Å². The molecule has 2 fully saturated rings. The molecule has 0 aliphatic carbocycles.